The molecular weight excluding hydrogens is 515 g/mol. The average molecular weight is 534 g/mol. The smallest absolute Gasteiger partial charge is 0.281 e. The number of carbonyl (C=O) groups is 2. The number of nitrogens with one attached hydrogen (secondary N) is 1. The average Bonchev–Trinajstić information content (AvgIpc) is 3.14. The zero-order valence-electron chi connectivity index (χ0n) is 18.8. The first-order valence-corrected chi connectivity index (χ1v) is 11.9. The van der Waals surface area contributed by atoms with Crippen molar-refractivity contribution in [2.75, 3.05) is 13.7 Å². The van der Waals surface area contributed by atoms with Crippen molar-refractivity contribution in [3.63, 3.8) is 0 Å². The summed E-state index contributed by atoms with van der Waals surface area (Å²) in [4.78, 5) is 25.2. The molecular formula is C25H19ClF3N3O3S. The van der Waals surface area contributed by atoms with Gasteiger partial charge in [-0.05, 0) is 24.6 Å². The van der Waals surface area contributed by atoms with Crippen LogP contribution in [0.4, 0.5) is 13.2 Å². The number of allylic oxidation sites excluding steroid dienone is 4. The van der Waals surface area contributed by atoms with Crippen LogP contribution in [-0.2, 0) is 9.53 Å². The zero-order valence-corrected chi connectivity index (χ0v) is 20.4. The van der Waals surface area contributed by atoms with Crippen LogP contribution in [0, 0.1) is 17.5 Å². The van der Waals surface area contributed by atoms with Crippen molar-refractivity contribution in [1.29, 1.82) is 0 Å². The second-order valence-electron chi connectivity index (χ2n) is 7.62. The third kappa shape index (κ3) is 5.50. The number of nitrogens with zero attached hydrogens (tertiary/aromatic N) is 2. The first-order chi connectivity index (χ1) is 17.3. The van der Waals surface area contributed by atoms with Crippen LogP contribution in [0.3, 0.4) is 0 Å². The van der Waals surface area contributed by atoms with Gasteiger partial charge in [-0.1, -0.05) is 53.7 Å². The molecule has 0 spiro atoms. The fourth-order valence-corrected chi connectivity index (χ4v) is 4.82. The Labute approximate surface area is 214 Å². The Kier molecular flexibility index (Phi) is 7.85. The Hall–Kier alpha value is -3.50. The van der Waals surface area contributed by atoms with Gasteiger partial charge in [0.15, 0.2) is 6.61 Å². The summed E-state index contributed by atoms with van der Waals surface area (Å²) in [5.41, 5.74) is 0.229. The maximum Gasteiger partial charge on any atom is 0.281 e. The Bertz CT molecular complexity index is 1300. The summed E-state index contributed by atoms with van der Waals surface area (Å²) in [7, 11) is 1.47. The molecule has 1 aliphatic carbocycles. The molecule has 4 rings (SSSR count). The molecule has 1 atom stereocenters. The van der Waals surface area contributed by atoms with Crippen molar-refractivity contribution in [2.24, 2.45) is 5.10 Å². The van der Waals surface area contributed by atoms with Gasteiger partial charge in [0.25, 0.3) is 11.8 Å². The molecule has 2 aromatic rings. The Morgan fingerprint density at radius 3 is 2.53 bits per heavy atom. The number of hydrazone groups is 1. The monoisotopic (exact) mass is 533 g/mol. The number of hydrogen-bond donors (Lipinski definition) is 1. The maximum absolute atomic E-state index is 14.5. The molecule has 0 saturated carbocycles. The Balaban J connectivity index is 1.79. The van der Waals surface area contributed by atoms with E-state index >= 15 is 0 Å². The number of carbonyl (C=O) groups excluding carboxylic acids is 2. The summed E-state index contributed by atoms with van der Waals surface area (Å²) in [6.45, 7) is -0.281. The van der Waals surface area contributed by atoms with E-state index in [-0.39, 0.29) is 12.5 Å². The van der Waals surface area contributed by atoms with Crippen molar-refractivity contribution < 1.29 is 27.5 Å². The molecule has 2 aromatic carbocycles. The predicted octanol–water partition coefficient (Wildman–Crippen LogP) is 5.17. The van der Waals surface area contributed by atoms with Crippen molar-refractivity contribution in [1.82, 2.24) is 10.3 Å². The number of likely N-dealkylation sites (N-methyl/N-ethyl adjacent to an activating group) is 1. The van der Waals surface area contributed by atoms with Gasteiger partial charge in [0.1, 0.15) is 39.2 Å². The second-order valence-corrected chi connectivity index (χ2v) is 9.12. The molecule has 0 saturated heterocycles. The molecule has 1 N–H and O–H groups in total. The van der Waals surface area contributed by atoms with E-state index < -0.39 is 34.3 Å². The molecule has 2 aliphatic rings. The fraction of sp³-hybridized carbons (Fsp3) is 0.160. The maximum atomic E-state index is 14.5. The molecule has 0 aromatic heterocycles. The van der Waals surface area contributed by atoms with Gasteiger partial charge < -0.3 is 10.1 Å². The van der Waals surface area contributed by atoms with Crippen LogP contribution in [0.15, 0.2) is 77.1 Å². The van der Waals surface area contributed by atoms with Gasteiger partial charge in [-0.3, -0.25) is 9.59 Å². The number of benzene rings is 2. The number of hydrogen-bond acceptors (Lipinski definition) is 5. The number of ether oxygens (including phenoxy) is 1. The quantitative estimate of drug-likeness (QED) is 0.556. The van der Waals surface area contributed by atoms with Gasteiger partial charge in [-0.25, -0.2) is 18.2 Å². The molecule has 0 fully saturated rings. The third-order valence-electron chi connectivity index (χ3n) is 5.25. The molecule has 1 unspecified atom stereocenters. The molecule has 2 amide bonds. The highest BCUT2D eigenvalue weighted by atomic mass is 35.5. The van der Waals surface area contributed by atoms with Crippen LogP contribution in [-0.4, -0.2) is 40.9 Å². The summed E-state index contributed by atoms with van der Waals surface area (Å²) in [5, 5.41) is 7.79. The number of amides is 2. The highest BCUT2D eigenvalue weighted by Gasteiger charge is 2.39. The van der Waals surface area contributed by atoms with Crippen molar-refractivity contribution in [3.05, 3.63) is 106 Å². The summed E-state index contributed by atoms with van der Waals surface area (Å²) >= 11 is 7.15. The normalized spacial score (nSPS) is 17.2. The summed E-state index contributed by atoms with van der Waals surface area (Å²) in [6, 6.07) is 7.56. The molecule has 1 heterocycles. The Morgan fingerprint density at radius 1 is 1.17 bits per heavy atom. The standard InChI is InChI=1S/C25H19ClF3N3O3S/c1-30-21(33)13-35-20-6-4-2-3-5-17(20)25-32(24(34)22-18(28)11-16(27)12-19(22)29)31-23(36-25)14-7-9-15(26)10-8-14/h2-4,6-12,25H,5,13H2,1H3,(H,30,33). The van der Waals surface area contributed by atoms with E-state index in [0.29, 0.717) is 45.5 Å². The minimum Gasteiger partial charge on any atom is -0.484 e. The van der Waals surface area contributed by atoms with Crippen molar-refractivity contribution in [3.8, 4) is 0 Å². The first-order valence-electron chi connectivity index (χ1n) is 10.7. The highest BCUT2D eigenvalue weighted by Crippen LogP contribution is 2.39. The molecule has 6 nitrogen and oxygen atoms in total. The Morgan fingerprint density at radius 2 is 1.86 bits per heavy atom. The lowest BCUT2D eigenvalue weighted by atomic mass is 10.1. The van der Waals surface area contributed by atoms with Gasteiger partial charge >= 0.3 is 0 Å². The largest absolute Gasteiger partial charge is 0.484 e. The van der Waals surface area contributed by atoms with E-state index in [1.165, 1.54) is 7.05 Å². The van der Waals surface area contributed by atoms with E-state index in [0.717, 1.165) is 16.8 Å². The van der Waals surface area contributed by atoms with E-state index in [4.69, 9.17) is 16.3 Å². The molecule has 1 aliphatic heterocycles. The van der Waals surface area contributed by atoms with Crippen molar-refractivity contribution in [2.45, 2.75) is 11.8 Å². The van der Waals surface area contributed by atoms with Gasteiger partial charge in [-0.2, -0.15) is 5.10 Å². The first kappa shape index (κ1) is 25.6. The SMILES string of the molecule is CNC(=O)COC1=C(C2SC(c3ccc(Cl)cc3)=NN2C(=O)c2c(F)cc(F)cc2F)CC=CC=C1. The van der Waals surface area contributed by atoms with Gasteiger partial charge in [-0.15, -0.1) is 0 Å². The van der Waals surface area contributed by atoms with Crippen molar-refractivity contribution >= 4 is 40.2 Å². The van der Waals surface area contributed by atoms with Crippen LogP contribution in [0.25, 0.3) is 0 Å². The predicted molar refractivity (Wildman–Crippen MR) is 132 cm³/mol. The molecule has 36 heavy (non-hydrogen) atoms. The van der Waals surface area contributed by atoms with Gasteiger partial charge in [0.05, 0.1) is 0 Å². The van der Waals surface area contributed by atoms with Crippen LogP contribution < -0.4 is 5.32 Å². The lowest BCUT2D eigenvalue weighted by Gasteiger charge is -2.24. The number of rotatable bonds is 6. The van der Waals surface area contributed by atoms with Gasteiger partial charge in [0, 0.05) is 35.3 Å². The minimum absolute atomic E-state index is 0.281. The lowest BCUT2D eigenvalue weighted by molar-refractivity contribution is -0.123. The van der Waals surface area contributed by atoms with E-state index in [9.17, 15) is 22.8 Å². The fourth-order valence-electron chi connectivity index (χ4n) is 3.48. The third-order valence-corrected chi connectivity index (χ3v) is 6.75. The van der Waals surface area contributed by atoms with Crippen LogP contribution >= 0.6 is 23.4 Å². The summed E-state index contributed by atoms with van der Waals surface area (Å²) in [5.74, 6) is -4.99. The van der Waals surface area contributed by atoms with Gasteiger partial charge in [0.2, 0.25) is 0 Å². The molecule has 186 valence electrons. The molecule has 0 radical (unpaired) electrons. The molecule has 11 heteroatoms. The lowest BCUT2D eigenvalue weighted by Crippen LogP contribution is -2.34. The minimum atomic E-state index is -1.35. The highest BCUT2D eigenvalue weighted by molar-refractivity contribution is 8.15. The topological polar surface area (TPSA) is 71.0 Å². The molecule has 0 bridgehead atoms. The van der Waals surface area contributed by atoms with E-state index in [2.05, 4.69) is 10.4 Å². The van der Waals surface area contributed by atoms with Crippen LogP contribution in [0.5, 0.6) is 0 Å². The van der Waals surface area contributed by atoms with E-state index in [1.807, 2.05) is 6.08 Å². The second kappa shape index (κ2) is 11.0. The summed E-state index contributed by atoms with van der Waals surface area (Å²) in [6.07, 6.45) is 7.21. The zero-order chi connectivity index (χ0) is 25.8. The number of halogens is 4. The number of thioether (sulfide) groups is 1. The van der Waals surface area contributed by atoms with E-state index in [1.54, 1.807) is 42.5 Å². The van der Waals surface area contributed by atoms with Crippen LogP contribution in [0.1, 0.15) is 22.3 Å². The summed E-state index contributed by atoms with van der Waals surface area (Å²) < 4.78 is 48.3. The van der Waals surface area contributed by atoms with Crippen LogP contribution in [0.2, 0.25) is 5.02 Å².